The molecule has 2 fully saturated rings. The molecular formula is C12H13NO4. The van der Waals surface area contributed by atoms with E-state index in [1.165, 1.54) is 6.08 Å². The molecular weight excluding hydrogens is 222 g/mol. The van der Waals surface area contributed by atoms with Crippen molar-refractivity contribution in [2.45, 2.75) is 0 Å². The first-order valence-electron chi connectivity index (χ1n) is 5.40. The average Bonchev–Trinajstić information content (AvgIpc) is 2.73. The third kappa shape index (κ3) is 2.41. The Morgan fingerprint density at radius 1 is 1.47 bits per heavy atom. The van der Waals surface area contributed by atoms with Gasteiger partial charge < -0.3 is 14.7 Å². The van der Waals surface area contributed by atoms with Gasteiger partial charge in [-0.2, -0.15) is 0 Å². The molecule has 1 aliphatic heterocycles. The van der Waals surface area contributed by atoms with Gasteiger partial charge in [-0.15, -0.1) is 0 Å². The van der Waals surface area contributed by atoms with Crippen molar-refractivity contribution in [3.8, 4) is 11.8 Å². The molecule has 1 aliphatic carbocycles. The van der Waals surface area contributed by atoms with E-state index < -0.39 is 5.97 Å². The molecule has 5 nitrogen and oxygen atoms in total. The number of hydrogen-bond donors (Lipinski definition) is 1. The molecule has 2 aliphatic rings. The molecule has 0 aromatic carbocycles. The summed E-state index contributed by atoms with van der Waals surface area (Å²) in [5.74, 6) is 4.52. The number of carboxylic acid groups (broad SMARTS) is 1. The summed E-state index contributed by atoms with van der Waals surface area (Å²) in [5, 5.41) is 8.42. The van der Waals surface area contributed by atoms with Gasteiger partial charge in [0.25, 0.3) is 0 Å². The Morgan fingerprint density at radius 2 is 2.12 bits per heavy atom. The Hall–Kier alpha value is -1.96. The zero-order valence-electron chi connectivity index (χ0n) is 9.26. The van der Waals surface area contributed by atoms with Gasteiger partial charge in [-0.05, 0) is 11.8 Å². The van der Waals surface area contributed by atoms with Gasteiger partial charge in [0, 0.05) is 24.9 Å². The Kier molecular flexibility index (Phi) is 3.05. The van der Waals surface area contributed by atoms with Crippen molar-refractivity contribution in [1.82, 2.24) is 4.90 Å². The molecule has 0 bridgehead atoms. The van der Waals surface area contributed by atoms with Crippen LogP contribution in [-0.4, -0.2) is 41.8 Å². The Bertz CT molecular complexity index is 408. The molecule has 1 amide bonds. The highest BCUT2D eigenvalue weighted by atomic mass is 16.6. The minimum absolute atomic E-state index is 0.134. The van der Waals surface area contributed by atoms with Crippen molar-refractivity contribution in [2.24, 2.45) is 17.8 Å². The lowest BCUT2D eigenvalue weighted by molar-refractivity contribution is -0.130. The van der Waals surface area contributed by atoms with Crippen molar-refractivity contribution in [3.05, 3.63) is 12.7 Å². The normalized spacial score (nSPS) is 28.7. The van der Waals surface area contributed by atoms with Gasteiger partial charge in [-0.25, -0.2) is 9.59 Å². The molecule has 1 saturated heterocycles. The first-order valence-corrected chi connectivity index (χ1v) is 5.40. The monoisotopic (exact) mass is 235 g/mol. The molecule has 90 valence electrons. The predicted molar refractivity (Wildman–Crippen MR) is 59.0 cm³/mol. The Labute approximate surface area is 99.0 Å². The van der Waals surface area contributed by atoms with Crippen molar-refractivity contribution in [3.63, 3.8) is 0 Å². The lowest BCUT2D eigenvalue weighted by atomic mass is 10.3. The van der Waals surface area contributed by atoms with Gasteiger partial charge in [0.15, 0.2) is 0 Å². The molecule has 1 N–H and O–H groups in total. The van der Waals surface area contributed by atoms with E-state index in [1.54, 1.807) is 4.90 Å². The van der Waals surface area contributed by atoms with E-state index in [9.17, 15) is 9.59 Å². The summed E-state index contributed by atoms with van der Waals surface area (Å²) in [7, 11) is 0. The summed E-state index contributed by atoms with van der Waals surface area (Å²) in [5.41, 5.74) is 0. The minimum Gasteiger partial charge on any atom is -0.472 e. The van der Waals surface area contributed by atoms with Crippen molar-refractivity contribution in [2.75, 3.05) is 19.7 Å². The van der Waals surface area contributed by atoms with Gasteiger partial charge in [0.05, 0.1) is 0 Å². The smallest absolute Gasteiger partial charge is 0.410 e. The molecule has 3 atom stereocenters. The minimum atomic E-state index is -1.10. The van der Waals surface area contributed by atoms with Crippen LogP contribution >= 0.6 is 0 Å². The third-order valence-corrected chi connectivity index (χ3v) is 3.12. The second kappa shape index (κ2) is 4.50. The summed E-state index contributed by atoms with van der Waals surface area (Å²) in [6.45, 7) is 4.90. The largest absolute Gasteiger partial charge is 0.472 e. The number of carboxylic acids is 1. The van der Waals surface area contributed by atoms with Gasteiger partial charge in [0.1, 0.15) is 6.61 Å². The highest BCUT2D eigenvalue weighted by Gasteiger charge is 2.56. The number of nitrogens with zero attached hydrogens (tertiary/aromatic N) is 1. The fourth-order valence-electron chi connectivity index (χ4n) is 2.26. The summed E-state index contributed by atoms with van der Waals surface area (Å²) in [6.07, 6.45) is 1.19. The number of likely N-dealkylation sites (tertiary alicyclic amines) is 1. The van der Waals surface area contributed by atoms with Gasteiger partial charge in [0.2, 0.25) is 0 Å². The zero-order valence-corrected chi connectivity index (χ0v) is 9.26. The fraction of sp³-hybridized carbons (Fsp3) is 0.500. The number of rotatable bonds is 2. The van der Waals surface area contributed by atoms with E-state index in [2.05, 4.69) is 18.4 Å². The zero-order chi connectivity index (χ0) is 12.4. The molecule has 0 radical (unpaired) electrons. The van der Waals surface area contributed by atoms with Gasteiger partial charge in [-0.3, -0.25) is 0 Å². The maximum Gasteiger partial charge on any atom is 0.410 e. The summed E-state index contributed by atoms with van der Waals surface area (Å²) < 4.78 is 4.92. The van der Waals surface area contributed by atoms with Crippen LogP contribution < -0.4 is 0 Å². The third-order valence-electron chi connectivity index (χ3n) is 3.12. The summed E-state index contributed by atoms with van der Waals surface area (Å²) in [6, 6.07) is 0. The van der Waals surface area contributed by atoms with Crippen LogP contribution in [0.25, 0.3) is 0 Å². The summed E-state index contributed by atoms with van der Waals surface area (Å²) >= 11 is 0. The lowest BCUT2D eigenvalue weighted by Gasteiger charge is -2.17. The van der Waals surface area contributed by atoms with Crippen molar-refractivity contribution in [1.29, 1.82) is 0 Å². The average molecular weight is 235 g/mol. The maximum atomic E-state index is 11.5. The standard InChI is InChI=1S/C12H13NO4/c1-2-5-17-12(16)13-6-9-8(10(9)7-13)3-4-11(14)15/h2,8-10H,1,5-7H2,(H,14,15)/t8?,9-,10+. The lowest BCUT2D eigenvalue weighted by Crippen LogP contribution is -2.32. The number of piperidine rings is 1. The van der Waals surface area contributed by atoms with Crippen LogP contribution in [0.1, 0.15) is 0 Å². The van der Waals surface area contributed by atoms with E-state index in [0.29, 0.717) is 24.9 Å². The van der Waals surface area contributed by atoms with Crippen LogP contribution in [-0.2, 0) is 9.53 Å². The number of hydrogen-bond acceptors (Lipinski definition) is 3. The van der Waals surface area contributed by atoms with E-state index in [1.807, 2.05) is 0 Å². The SMILES string of the molecule is C=CCOC(=O)N1C[C@@H]2C(C#CC(=O)O)[C@@H]2C1. The quantitative estimate of drug-likeness (QED) is 0.561. The highest BCUT2D eigenvalue weighted by Crippen LogP contribution is 2.51. The van der Waals surface area contributed by atoms with E-state index >= 15 is 0 Å². The van der Waals surface area contributed by atoms with Crippen LogP contribution in [0, 0.1) is 29.6 Å². The molecule has 0 aromatic heterocycles. The van der Waals surface area contributed by atoms with Crippen molar-refractivity contribution < 1.29 is 19.4 Å². The molecule has 2 rings (SSSR count). The first-order chi connectivity index (χ1) is 8.13. The molecule has 0 spiro atoms. The Morgan fingerprint density at radius 3 is 2.65 bits per heavy atom. The van der Waals surface area contributed by atoms with Gasteiger partial charge >= 0.3 is 12.1 Å². The van der Waals surface area contributed by atoms with E-state index in [4.69, 9.17) is 9.84 Å². The van der Waals surface area contributed by atoms with Crippen LogP contribution in [0.5, 0.6) is 0 Å². The number of amides is 1. The summed E-state index contributed by atoms with van der Waals surface area (Å²) in [4.78, 5) is 23.4. The van der Waals surface area contributed by atoms with Gasteiger partial charge in [-0.1, -0.05) is 18.6 Å². The van der Waals surface area contributed by atoms with Crippen LogP contribution in [0.2, 0.25) is 0 Å². The topological polar surface area (TPSA) is 66.8 Å². The van der Waals surface area contributed by atoms with Crippen LogP contribution in [0.4, 0.5) is 4.79 Å². The van der Waals surface area contributed by atoms with E-state index in [-0.39, 0.29) is 18.6 Å². The maximum absolute atomic E-state index is 11.5. The predicted octanol–water partition coefficient (Wildman–Crippen LogP) is 0.575. The number of aliphatic carboxylic acids is 1. The molecule has 1 saturated carbocycles. The number of carbonyl (C=O) groups is 2. The second-order valence-electron chi connectivity index (χ2n) is 4.20. The van der Waals surface area contributed by atoms with Crippen molar-refractivity contribution >= 4 is 12.1 Å². The molecule has 1 unspecified atom stereocenters. The fourth-order valence-corrected chi connectivity index (χ4v) is 2.26. The first kappa shape index (κ1) is 11.5. The number of ether oxygens (including phenoxy) is 1. The Balaban J connectivity index is 1.79. The van der Waals surface area contributed by atoms with Crippen LogP contribution in [0.3, 0.4) is 0 Å². The molecule has 5 heteroatoms. The molecule has 17 heavy (non-hydrogen) atoms. The van der Waals surface area contributed by atoms with Crippen LogP contribution in [0.15, 0.2) is 12.7 Å². The molecule has 0 aromatic rings. The van der Waals surface area contributed by atoms with E-state index in [0.717, 1.165) is 0 Å². The number of carbonyl (C=O) groups excluding carboxylic acids is 1. The number of fused-ring (bicyclic) bond motifs is 1. The highest BCUT2D eigenvalue weighted by molar-refractivity contribution is 5.86. The molecule has 1 heterocycles. The second-order valence-corrected chi connectivity index (χ2v) is 4.20.